The third kappa shape index (κ3) is 2.22. The first-order chi connectivity index (χ1) is 9.46. The minimum Gasteiger partial charge on any atom is -0.383 e. The Kier molecular flexibility index (Phi) is 2.89. The molecule has 1 aliphatic heterocycles. The van der Waals surface area contributed by atoms with Gasteiger partial charge in [-0.25, -0.2) is 4.98 Å². The summed E-state index contributed by atoms with van der Waals surface area (Å²) < 4.78 is 0. The Labute approximate surface area is 118 Å². The lowest BCUT2D eigenvalue weighted by Gasteiger charge is -2.19. The zero-order valence-electron chi connectivity index (χ0n) is 11.9. The van der Waals surface area contributed by atoms with E-state index < -0.39 is 0 Å². The number of fused-ring (bicyclic) bond motifs is 1. The summed E-state index contributed by atoms with van der Waals surface area (Å²) in [6.07, 6.45) is 1.03. The van der Waals surface area contributed by atoms with Gasteiger partial charge in [0.2, 0.25) is 0 Å². The normalized spacial score (nSPS) is 17.6. The van der Waals surface area contributed by atoms with Gasteiger partial charge in [0.15, 0.2) is 0 Å². The van der Waals surface area contributed by atoms with Crippen LogP contribution in [-0.2, 0) is 0 Å². The molecule has 0 aliphatic carbocycles. The van der Waals surface area contributed by atoms with E-state index in [1.54, 1.807) is 0 Å². The zero-order chi connectivity index (χ0) is 14.3. The number of rotatable bonds is 1. The zero-order valence-corrected chi connectivity index (χ0v) is 11.9. The van der Waals surface area contributed by atoms with Crippen molar-refractivity contribution in [3.05, 3.63) is 36.0 Å². The van der Waals surface area contributed by atoms with E-state index in [2.05, 4.69) is 18.8 Å². The van der Waals surface area contributed by atoms with Gasteiger partial charge in [-0.2, -0.15) is 0 Å². The van der Waals surface area contributed by atoms with Crippen LogP contribution in [0.3, 0.4) is 0 Å². The SMILES string of the molecule is CC1(C)CCN(C(=O)c2cc3ccccc3c(N)n2)C1. The second kappa shape index (κ2) is 4.47. The smallest absolute Gasteiger partial charge is 0.272 e. The van der Waals surface area contributed by atoms with Crippen molar-refractivity contribution < 1.29 is 4.79 Å². The van der Waals surface area contributed by atoms with E-state index in [1.165, 1.54) is 0 Å². The van der Waals surface area contributed by atoms with Gasteiger partial charge in [0.25, 0.3) is 5.91 Å². The van der Waals surface area contributed by atoms with E-state index in [0.717, 1.165) is 30.3 Å². The summed E-state index contributed by atoms with van der Waals surface area (Å²) >= 11 is 0. The molecule has 0 atom stereocenters. The summed E-state index contributed by atoms with van der Waals surface area (Å²) in [4.78, 5) is 18.7. The standard InChI is InChI=1S/C16H19N3O/c1-16(2)7-8-19(10-16)15(20)13-9-11-5-3-4-6-12(11)14(17)18-13/h3-6,9H,7-8,10H2,1-2H3,(H2,17,18). The quantitative estimate of drug-likeness (QED) is 0.866. The molecule has 20 heavy (non-hydrogen) atoms. The summed E-state index contributed by atoms with van der Waals surface area (Å²) in [5.41, 5.74) is 6.60. The molecule has 1 aromatic heterocycles. The second-order valence-electron chi connectivity index (χ2n) is 6.25. The lowest BCUT2D eigenvalue weighted by molar-refractivity contribution is 0.0773. The third-order valence-electron chi connectivity index (χ3n) is 3.95. The number of hydrogen-bond donors (Lipinski definition) is 1. The third-order valence-corrected chi connectivity index (χ3v) is 3.95. The first-order valence-electron chi connectivity index (χ1n) is 6.91. The van der Waals surface area contributed by atoms with Crippen LogP contribution in [0.1, 0.15) is 30.8 Å². The molecule has 2 heterocycles. The predicted molar refractivity (Wildman–Crippen MR) is 80.5 cm³/mol. The number of nitrogens with two attached hydrogens (primary N) is 1. The molecule has 3 rings (SSSR count). The van der Waals surface area contributed by atoms with Crippen LogP contribution >= 0.6 is 0 Å². The molecule has 1 saturated heterocycles. The number of carbonyl (C=O) groups is 1. The molecule has 2 N–H and O–H groups in total. The second-order valence-corrected chi connectivity index (χ2v) is 6.25. The molecule has 4 heteroatoms. The Morgan fingerprint density at radius 3 is 2.80 bits per heavy atom. The number of nitrogens with zero attached hydrogens (tertiary/aromatic N) is 2. The molecule has 0 radical (unpaired) electrons. The highest BCUT2D eigenvalue weighted by Gasteiger charge is 2.33. The van der Waals surface area contributed by atoms with Crippen LogP contribution in [-0.4, -0.2) is 28.9 Å². The van der Waals surface area contributed by atoms with Crippen LogP contribution < -0.4 is 5.73 Å². The minimum absolute atomic E-state index is 0.0203. The number of likely N-dealkylation sites (tertiary alicyclic amines) is 1. The van der Waals surface area contributed by atoms with Gasteiger partial charge < -0.3 is 10.6 Å². The van der Waals surface area contributed by atoms with Crippen molar-refractivity contribution in [2.45, 2.75) is 20.3 Å². The van der Waals surface area contributed by atoms with Gasteiger partial charge in [0.1, 0.15) is 11.5 Å². The van der Waals surface area contributed by atoms with Crippen molar-refractivity contribution in [3.63, 3.8) is 0 Å². The van der Waals surface area contributed by atoms with Crippen LogP contribution in [0.2, 0.25) is 0 Å². The van der Waals surface area contributed by atoms with E-state index >= 15 is 0 Å². The Balaban J connectivity index is 1.96. The van der Waals surface area contributed by atoms with E-state index in [1.807, 2.05) is 35.2 Å². The molecule has 0 bridgehead atoms. The first-order valence-corrected chi connectivity index (χ1v) is 6.91. The maximum atomic E-state index is 12.5. The van der Waals surface area contributed by atoms with Crippen LogP contribution in [0.4, 0.5) is 5.82 Å². The van der Waals surface area contributed by atoms with Gasteiger partial charge in [-0.05, 0) is 23.3 Å². The molecule has 0 spiro atoms. The number of benzene rings is 1. The largest absolute Gasteiger partial charge is 0.383 e. The van der Waals surface area contributed by atoms with Gasteiger partial charge in [-0.15, -0.1) is 0 Å². The van der Waals surface area contributed by atoms with Gasteiger partial charge in [0, 0.05) is 18.5 Å². The highest BCUT2D eigenvalue weighted by atomic mass is 16.2. The summed E-state index contributed by atoms with van der Waals surface area (Å²) in [7, 11) is 0. The molecular weight excluding hydrogens is 250 g/mol. The summed E-state index contributed by atoms with van der Waals surface area (Å²) in [6, 6.07) is 9.57. The highest BCUT2D eigenvalue weighted by Crippen LogP contribution is 2.30. The summed E-state index contributed by atoms with van der Waals surface area (Å²) in [5.74, 6) is 0.401. The van der Waals surface area contributed by atoms with Crippen molar-refractivity contribution in [1.29, 1.82) is 0 Å². The number of anilines is 1. The Morgan fingerprint density at radius 2 is 2.10 bits per heavy atom. The Morgan fingerprint density at radius 1 is 1.35 bits per heavy atom. The maximum absolute atomic E-state index is 12.5. The van der Waals surface area contributed by atoms with Gasteiger partial charge >= 0.3 is 0 Å². The monoisotopic (exact) mass is 269 g/mol. The number of hydrogen-bond acceptors (Lipinski definition) is 3. The fourth-order valence-corrected chi connectivity index (χ4v) is 2.78. The minimum atomic E-state index is -0.0203. The van der Waals surface area contributed by atoms with Crippen LogP contribution in [0.15, 0.2) is 30.3 Å². The fraction of sp³-hybridized carbons (Fsp3) is 0.375. The number of amides is 1. The molecule has 1 fully saturated rings. The molecule has 1 aliphatic rings. The first kappa shape index (κ1) is 12.9. The van der Waals surface area contributed by atoms with Gasteiger partial charge in [-0.3, -0.25) is 4.79 Å². The molecule has 2 aromatic rings. The molecule has 0 unspecified atom stereocenters. The Hall–Kier alpha value is -2.10. The van der Waals surface area contributed by atoms with Crippen LogP contribution in [0.25, 0.3) is 10.8 Å². The van der Waals surface area contributed by atoms with Gasteiger partial charge in [-0.1, -0.05) is 38.1 Å². The number of carbonyl (C=O) groups excluding carboxylic acids is 1. The molecule has 1 aromatic carbocycles. The molecule has 104 valence electrons. The lowest BCUT2D eigenvalue weighted by atomic mass is 9.93. The number of nitrogen functional groups attached to an aromatic ring is 1. The highest BCUT2D eigenvalue weighted by molar-refractivity contribution is 5.99. The molecule has 1 amide bonds. The van der Waals surface area contributed by atoms with Crippen molar-refractivity contribution in [2.75, 3.05) is 18.8 Å². The lowest BCUT2D eigenvalue weighted by Crippen LogP contribution is -2.31. The predicted octanol–water partition coefficient (Wildman–Crippen LogP) is 2.69. The fourth-order valence-electron chi connectivity index (χ4n) is 2.78. The average molecular weight is 269 g/mol. The van der Waals surface area contributed by atoms with Crippen molar-refractivity contribution in [3.8, 4) is 0 Å². The molecule has 0 saturated carbocycles. The maximum Gasteiger partial charge on any atom is 0.272 e. The van der Waals surface area contributed by atoms with Crippen molar-refractivity contribution >= 4 is 22.5 Å². The van der Waals surface area contributed by atoms with Crippen molar-refractivity contribution in [1.82, 2.24) is 9.88 Å². The summed E-state index contributed by atoms with van der Waals surface area (Å²) in [6.45, 7) is 5.94. The number of pyridine rings is 1. The van der Waals surface area contributed by atoms with E-state index in [-0.39, 0.29) is 11.3 Å². The number of aromatic nitrogens is 1. The topological polar surface area (TPSA) is 59.2 Å². The van der Waals surface area contributed by atoms with E-state index in [0.29, 0.717) is 11.5 Å². The Bertz CT molecular complexity index is 678. The van der Waals surface area contributed by atoms with E-state index in [4.69, 9.17) is 5.73 Å². The van der Waals surface area contributed by atoms with Crippen LogP contribution in [0, 0.1) is 5.41 Å². The average Bonchev–Trinajstić information content (AvgIpc) is 2.78. The summed E-state index contributed by atoms with van der Waals surface area (Å²) in [5, 5.41) is 1.85. The van der Waals surface area contributed by atoms with E-state index in [9.17, 15) is 4.79 Å². The van der Waals surface area contributed by atoms with Crippen molar-refractivity contribution in [2.24, 2.45) is 5.41 Å². The van der Waals surface area contributed by atoms with Gasteiger partial charge in [0.05, 0.1) is 0 Å². The molecule has 4 nitrogen and oxygen atoms in total. The molecular formula is C16H19N3O. The van der Waals surface area contributed by atoms with Crippen LogP contribution in [0.5, 0.6) is 0 Å².